The number of nitrogens with zero attached hydrogens (tertiary/aromatic N) is 2. The predicted octanol–water partition coefficient (Wildman–Crippen LogP) is 1.35. The molecule has 0 saturated heterocycles. The average Bonchev–Trinajstić information content (AvgIpc) is 2.89. The van der Waals surface area contributed by atoms with Crippen molar-refractivity contribution in [1.29, 1.82) is 5.26 Å². The Hall–Kier alpha value is -3.34. The van der Waals surface area contributed by atoms with E-state index in [0.29, 0.717) is 16.7 Å². The summed E-state index contributed by atoms with van der Waals surface area (Å²) in [7, 11) is 7.28. The van der Waals surface area contributed by atoms with Crippen LogP contribution in [0.25, 0.3) is 0 Å². The van der Waals surface area contributed by atoms with Crippen LogP contribution in [0.1, 0.15) is 52.7 Å². The van der Waals surface area contributed by atoms with Crippen molar-refractivity contribution in [3.63, 3.8) is 0 Å². The van der Waals surface area contributed by atoms with Gasteiger partial charge >= 0.3 is 0 Å². The number of carbonyl (C=O) groups is 3. The number of benzene rings is 1. The van der Waals surface area contributed by atoms with Gasteiger partial charge in [0.05, 0.1) is 17.3 Å². The summed E-state index contributed by atoms with van der Waals surface area (Å²) < 4.78 is 1.46. The van der Waals surface area contributed by atoms with Crippen LogP contribution in [-0.2, 0) is 11.8 Å². The number of aryl methyl sites for hydroxylation is 1. The summed E-state index contributed by atoms with van der Waals surface area (Å²) in [4.78, 5) is 37.4. The van der Waals surface area contributed by atoms with Crippen molar-refractivity contribution in [1.82, 2.24) is 9.88 Å². The maximum Gasteiger partial charge on any atom is 0.294 e. The van der Waals surface area contributed by atoms with Gasteiger partial charge in [0.15, 0.2) is 0 Å². The van der Waals surface area contributed by atoms with Gasteiger partial charge in [-0.05, 0) is 45.4 Å². The molecule has 1 heterocycles. The molecular formula is C20H21BN4O3. The number of hydrogen-bond donors (Lipinski definition) is 2. The van der Waals surface area contributed by atoms with Crippen molar-refractivity contribution in [3.05, 3.63) is 46.8 Å². The number of nitrogens with one attached hydrogen (secondary N) is 2. The Kier molecular flexibility index (Phi) is 5.79. The van der Waals surface area contributed by atoms with Gasteiger partial charge in [0.25, 0.3) is 17.6 Å². The number of nitriles is 1. The summed E-state index contributed by atoms with van der Waals surface area (Å²) in [6.45, 7) is 6.93. The van der Waals surface area contributed by atoms with Crippen LogP contribution in [0.4, 0.5) is 5.69 Å². The van der Waals surface area contributed by atoms with Crippen LogP contribution < -0.4 is 16.1 Å². The van der Waals surface area contributed by atoms with Gasteiger partial charge in [-0.3, -0.25) is 14.4 Å². The van der Waals surface area contributed by atoms with E-state index in [4.69, 9.17) is 13.1 Å². The Morgan fingerprint density at radius 1 is 1.21 bits per heavy atom. The zero-order chi connectivity index (χ0) is 21.2. The monoisotopic (exact) mass is 376 g/mol. The molecule has 1 aromatic carbocycles. The van der Waals surface area contributed by atoms with Gasteiger partial charge in [-0.25, -0.2) is 0 Å². The molecule has 0 fully saturated rings. The number of ketones is 1. The molecule has 7 nitrogen and oxygen atoms in total. The number of carbonyl (C=O) groups excluding carboxylic acids is 3. The van der Waals surface area contributed by atoms with E-state index in [1.807, 2.05) is 6.07 Å². The smallest absolute Gasteiger partial charge is 0.294 e. The highest BCUT2D eigenvalue weighted by molar-refractivity contribution is 6.43. The lowest BCUT2D eigenvalue weighted by atomic mass is 9.91. The Morgan fingerprint density at radius 3 is 2.43 bits per heavy atom. The maximum atomic E-state index is 12.7. The molecule has 2 N–H and O–H groups in total. The Balaban J connectivity index is 2.30. The maximum absolute atomic E-state index is 12.7. The van der Waals surface area contributed by atoms with Gasteiger partial charge in [-0.2, -0.15) is 5.26 Å². The second kappa shape index (κ2) is 7.73. The van der Waals surface area contributed by atoms with Crippen molar-refractivity contribution < 1.29 is 14.4 Å². The molecule has 28 heavy (non-hydrogen) atoms. The molecule has 2 aromatic rings. The van der Waals surface area contributed by atoms with Gasteiger partial charge in [0.2, 0.25) is 0 Å². The molecule has 2 radical (unpaired) electrons. The van der Waals surface area contributed by atoms with Crippen molar-refractivity contribution in [2.75, 3.05) is 5.32 Å². The van der Waals surface area contributed by atoms with Crippen LogP contribution >= 0.6 is 0 Å². The van der Waals surface area contributed by atoms with E-state index in [1.165, 1.54) is 22.9 Å². The second-order valence-corrected chi connectivity index (χ2v) is 7.53. The molecule has 142 valence electrons. The molecule has 2 amide bonds. The molecule has 0 atom stereocenters. The quantitative estimate of drug-likeness (QED) is 0.478. The zero-order valence-corrected chi connectivity index (χ0v) is 16.5. The Labute approximate surface area is 165 Å². The third-order valence-corrected chi connectivity index (χ3v) is 4.02. The first kappa shape index (κ1) is 21.0. The largest absolute Gasteiger partial charge is 0.347 e. The number of Topliss-reactive ketones (excluding diaryl/α,β-unsaturated/α-hetero) is 1. The second-order valence-electron chi connectivity index (χ2n) is 7.53. The van der Waals surface area contributed by atoms with E-state index in [9.17, 15) is 14.4 Å². The number of amides is 2. The first-order chi connectivity index (χ1) is 12.9. The van der Waals surface area contributed by atoms with Crippen LogP contribution in [0.3, 0.4) is 0 Å². The first-order valence-corrected chi connectivity index (χ1v) is 8.58. The minimum Gasteiger partial charge on any atom is -0.347 e. The summed E-state index contributed by atoms with van der Waals surface area (Å²) in [5.41, 5.74) is 1.19. The fourth-order valence-electron chi connectivity index (χ4n) is 2.74. The van der Waals surface area contributed by atoms with Gasteiger partial charge in [0.1, 0.15) is 7.85 Å². The Bertz CT molecular complexity index is 1010. The minimum atomic E-state index is -0.735. The third kappa shape index (κ3) is 4.49. The standard InChI is InChI=1S/C20H21BN4O3/c1-11-14(18(27)23-13-6-7-15(21)12(8-13)9-22)10-25(5)16(11)17(26)19(28)24-20(2,3)4/h6-8,10H,1-5H3,(H,23,27)(H,24,28). The highest BCUT2D eigenvalue weighted by atomic mass is 16.2. The number of rotatable bonds is 4. The van der Waals surface area contributed by atoms with Gasteiger partial charge < -0.3 is 15.2 Å². The van der Waals surface area contributed by atoms with E-state index in [1.54, 1.807) is 40.8 Å². The van der Waals surface area contributed by atoms with Crippen LogP contribution in [0, 0.1) is 18.3 Å². The van der Waals surface area contributed by atoms with Crippen molar-refractivity contribution >= 4 is 36.6 Å². The molecule has 0 spiro atoms. The molecular weight excluding hydrogens is 355 g/mol. The molecule has 0 unspecified atom stereocenters. The summed E-state index contributed by atoms with van der Waals surface area (Å²) in [6.07, 6.45) is 1.49. The lowest BCUT2D eigenvalue weighted by Gasteiger charge is -2.20. The number of aromatic nitrogens is 1. The molecule has 2 rings (SSSR count). The van der Waals surface area contributed by atoms with E-state index in [0.717, 1.165) is 0 Å². The lowest BCUT2D eigenvalue weighted by Crippen LogP contribution is -2.44. The van der Waals surface area contributed by atoms with Crippen LogP contribution in [0.5, 0.6) is 0 Å². The molecule has 0 aliphatic heterocycles. The summed E-state index contributed by atoms with van der Waals surface area (Å²) in [6, 6.07) is 6.52. The predicted molar refractivity (Wildman–Crippen MR) is 107 cm³/mol. The fourth-order valence-corrected chi connectivity index (χ4v) is 2.74. The average molecular weight is 376 g/mol. The molecule has 0 aliphatic carbocycles. The van der Waals surface area contributed by atoms with Crippen LogP contribution in [0.15, 0.2) is 24.4 Å². The zero-order valence-electron chi connectivity index (χ0n) is 16.5. The molecule has 0 saturated carbocycles. The molecule has 8 heteroatoms. The minimum absolute atomic E-state index is 0.141. The van der Waals surface area contributed by atoms with E-state index < -0.39 is 23.1 Å². The summed E-state index contributed by atoms with van der Waals surface area (Å²) in [5, 5.41) is 14.4. The molecule has 0 aliphatic rings. The van der Waals surface area contributed by atoms with Crippen LogP contribution in [-0.4, -0.2) is 35.5 Å². The molecule has 0 bridgehead atoms. The summed E-state index contributed by atoms with van der Waals surface area (Å²) in [5.74, 6) is -1.91. The van der Waals surface area contributed by atoms with Gasteiger partial charge in [0, 0.05) is 30.0 Å². The van der Waals surface area contributed by atoms with Crippen molar-refractivity contribution in [2.45, 2.75) is 33.2 Å². The first-order valence-electron chi connectivity index (χ1n) is 8.58. The molecule has 1 aromatic heterocycles. The van der Waals surface area contributed by atoms with E-state index in [2.05, 4.69) is 10.6 Å². The van der Waals surface area contributed by atoms with Gasteiger partial charge in [-0.1, -0.05) is 11.5 Å². The van der Waals surface area contributed by atoms with E-state index in [-0.39, 0.29) is 16.8 Å². The highest BCUT2D eigenvalue weighted by Crippen LogP contribution is 2.19. The van der Waals surface area contributed by atoms with Crippen molar-refractivity contribution in [3.8, 4) is 6.07 Å². The lowest BCUT2D eigenvalue weighted by molar-refractivity contribution is -0.118. The van der Waals surface area contributed by atoms with E-state index >= 15 is 0 Å². The number of hydrogen-bond acceptors (Lipinski definition) is 4. The third-order valence-electron chi connectivity index (χ3n) is 4.02. The van der Waals surface area contributed by atoms with Gasteiger partial charge in [-0.15, -0.1) is 0 Å². The SMILES string of the molecule is [B]c1ccc(NC(=O)c2cn(C)c(C(=O)C(=O)NC(C)(C)C)c2C)cc1C#N. The Morgan fingerprint density at radius 2 is 1.86 bits per heavy atom. The van der Waals surface area contributed by atoms with Crippen molar-refractivity contribution in [2.24, 2.45) is 7.05 Å². The topological polar surface area (TPSA) is 104 Å². The highest BCUT2D eigenvalue weighted by Gasteiger charge is 2.28. The fraction of sp³-hybridized carbons (Fsp3) is 0.300. The normalized spacial score (nSPS) is 10.9. The number of anilines is 1. The summed E-state index contributed by atoms with van der Waals surface area (Å²) >= 11 is 0. The van der Waals surface area contributed by atoms with Crippen LogP contribution in [0.2, 0.25) is 0 Å².